The van der Waals surface area contributed by atoms with Crippen molar-refractivity contribution in [2.24, 2.45) is 0 Å². The standard InChI is InChI=1S/C17H20ClNO2/c1-12(20)17-15(9-6-10-16(17)21-3)19(2)11-13-7-4-5-8-14(13)18/h4-10,12,20H,11H2,1-3H3. The number of hydrogen-bond donors (Lipinski definition) is 1. The molecule has 0 aliphatic rings. The minimum atomic E-state index is -0.607. The van der Waals surface area contributed by atoms with Crippen molar-refractivity contribution in [3.8, 4) is 5.75 Å². The van der Waals surface area contributed by atoms with Crippen LogP contribution in [-0.4, -0.2) is 19.3 Å². The van der Waals surface area contributed by atoms with Gasteiger partial charge in [-0.25, -0.2) is 0 Å². The van der Waals surface area contributed by atoms with Gasteiger partial charge < -0.3 is 14.7 Å². The van der Waals surface area contributed by atoms with Crippen LogP contribution >= 0.6 is 11.6 Å². The Hall–Kier alpha value is -1.71. The summed E-state index contributed by atoms with van der Waals surface area (Å²) in [7, 11) is 3.59. The van der Waals surface area contributed by atoms with Crippen molar-refractivity contribution in [2.45, 2.75) is 19.6 Å². The molecule has 3 nitrogen and oxygen atoms in total. The van der Waals surface area contributed by atoms with Crippen LogP contribution in [0.1, 0.15) is 24.2 Å². The average molecular weight is 306 g/mol. The van der Waals surface area contributed by atoms with E-state index >= 15 is 0 Å². The number of aliphatic hydroxyl groups excluding tert-OH is 1. The lowest BCUT2D eigenvalue weighted by Crippen LogP contribution is -2.19. The molecule has 21 heavy (non-hydrogen) atoms. The summed E-state index contributed by atoms with van der Waals surface area (Å²) < 4.78 is 5.36. The molecular weight excluding hydrogens is 286 g/mol. The summed E-state index contributed by atoms with van der Waals surface area (Å²) >= 11 is 6.22. The van der Waals surface area contributed by atoms with Crippen molar-refractivity contribution in [1.29, 1.82) is 0 Å². The zero-order valence-electron chi connectivity index (χ0n) is 12.5. The topological polar surface area (TPSA) is 32.7 Å². The van der Waals surface area contributed by atoms with E-state index in [-0.39, 0.29) is 0 Å². The Labute approximate surface area is 130 Å². The van der Waals surface area contributed by atoms with Crippen LogP contribution in [0, 0.1) is 0 Å². The lowest BCUT2D eigenvalue weighted by Gasteiger charge is -2.25. The van der Waals surface area contributed by atoms with Crippen LogP contribution in [0.4, 0.5) is 5.69 Å². The fraction of sp³-hybridized carbons (Fsp3) is 0.294. The van der Waals surface area contributed by atoms with Crippen molar-refractivity contribution in [2.75, 3.05) is 19.1 Å². The van der Waals surface area contributed by atoms with E-state index in [0.717, 1.165) is 21.8 Å². The maximum Gasteiger partial charge on any atom is 0.126 e. The summed E-state index contributed by atoms with van der Waals surface area (Å²) in [6, 6.07) is 13.5. The highest BCUT2D eigenvalue weighted by atomic mass is 35.5. The first kappa shape index (κ1) is 15.7. The number of aliphatic hydroxyl groups is 1. The van der Waals surface area contributed by atoms with Gasteiger partial charge in [-0.1, -0.05) is 35.9 Å². The molecule has 0 aliphatic carbocycles. The predicted octanol–water partition coefficient (Wildman–Crippen LogP) is 4.04. The summed E-state index contributed by atoms with van der Waals surface area (Å²) in [4.78, 5) is 2.06. The van der Waals surface area contributed by atoms with E-state index in [2.05, 4.69) is 4.90 Å². The summed E-state index contributed by atoms with van der Waals surface area (Å²) in [5.74, 6) is 0.688. The Morgan fingerprint density at radius 2 is 1.90 bits per heavy atom. The quantitative estimate of drug-likeness (QED) is 0.905. The van der Waals surface area contributed by atoms with Crippen LogP contribution in [0.2, 0.25) is 5.02 Å². The number of methoxy groups -OCH3 is 1. The van der Waals surface area contributed by atoms with Crippen molar-refractivity contribution < 1.29 is 9.84 Å². The molecule has 2 rings (SSSR count). The molecule has 0 aliphatic heterocycles. The smallest absolute Gasteiger partial charge is 0.126 e. The molecule has 0 amide bonds. The molecule has 0 bridgehead atoms. The molecule has 0 aromatic heterocycles. The molecule has 2 aromatic carbocycles. The molecule has 4 heteroatoms. The highest BCUT2D eigenvalue weighted by Gasteiger charge is 2.17. The van der Waals surface area contributed by atoms with Gasteiger partial charge in [-0.15, -0.1) is 0 Å². The minimum absolute atomic E-state index is 0.607. The molecule has 112 valence electrons. The monoisotopic (exact) mass is 305 g/mol. The SMILES string of the molecule is COc1cccc(N(C)Cc2ccccc2Cl)c1C(C)O. The zero-order chi connectivity index (χ0) is 15.4. The molecule has 0 radical (unpaired) electrons. The van der Waals surface area contributed by atoms with Crippen LogP contribution in [-0.2, 0) is 6.54 Å². The zero-order valence-corrected chi connectivity index (χ0v) is 13.3. The Morgan fingerprint density at radius 3 is 2.52 bits per heavy atom. The van der Waals surface area contributed by atoms with Gasteiger partial charge in [-0.2, -0.15) is 0 Å². The lowest BCUT2D eigenvalue weighted by atomic mass is 10.1. The molecular formula is C17H20ClNO2. The van der Waals surface area contributed by atoms with Gasteiger partial charge in [0.25, 0.3) is 0 Å². The van der Waals surface area contributed by atoms with Crippen LogP contribution in [0.5, 0.6) is 5.75 Å². The summed E-state index contributed by atoms with van der Waals surface area (Å²) in [6.07, 6.45) is -0.607. The van der Waals surface area contributed by atoms with E-state index in [9.17, 15) is 5.11 Å². The summed E-state index contributed by atoms with van der Waals surface area (Å²) in [5.41, 5.74) is 2.76. The number of ether oxygens (including phenoxy) is 1. The fourth-order valence-corrected chi connectivity index (χ4v) is 2.63. The molecule has 0 heterocycles. The third-order valence-corrected chi connectivity index (χ3v) is 3.83. The lowest BCUT2D eigenvalue weighted by molar-refractivity contribution is 0.194. The van der Waals surface area contributed by atoms with Crippen LogP contribution in [0.25, 0.3) is 0 Å². The predicted molar refractivity (Wildman–Crippen MR) is 87.2 cm³/mol. The average Bonchev–Trinajstić information content (AvgIpc) is 2.48. The van der Waals surface area contributed by atoms with Crippen molar-refractivity contribution in [1.82, 2.24) is 0 Å². The minimum Gasteiger partial charge on any atom is -0.496 e. The second-order valence-corrected chi connectivity index (χ2v) is 5.42. The molecule has 1 atom stereocenters. The van der Waals surface area contributed by atoms with Gasteiger partial charge in [0.2, 0.25) is 0 Å². The number of nitrogens with zero attached hydrogens (tertiary/aromatic N) is 1. The van der Waals surface area contributed by atoms with Gasteiger partial charge in [0, 0.05) is 29.9 Å². The second kappa shape index (κ2) is 6.83. The van der Waals surface area contributed by atoms with Crippen molar-refractivity contribution >= 4 is 17.3 Å². The Morgan fingerprint density at radius 1 is 1.19 bits per heavy atom. The normalized spacial score (nSPS) is 12.0. The molecule has 1 unspecified atom stereocenters. The van der Waals surface area contributed by atoms with Gasteiger partial charge in [0.05, 0.1) is 13.2 Å². The van der Waals surface area contributed by atoms with Crippen molar-refractivity contribution in [3.05, 3.63) is 58.6 Å². The largest absolute Gasteiger partial charge is 0.496 e. The second-order valence-electron chi connectivity index (χ2n) is 5.02. The van der Waals surface area contributed by atoms with E-state index < -0.39 is 6.10 Å². The third-order valence-electron chi connectivity index (χ3n) is 3.46. The molecule has 1 N–H and O–H groups in total. The number of anilines is 1. The molecule has 2 aromatic rings. The Balaban J connectivity index is 2.35. The summed E-state index contributed by atoms with van der Waals surface area (Å²) in [6.45, 7) is 2.40. The van der Waals surface area contributed by atoms with Crippen LogP contribution in [0.15, 0.2) is 42.5 Å². The van der Waals surface area contributed by atoms with E-state index in [0.29, 0.717) is 12.3 Å². The van der Waals surface area contributed by atoms with E-state index in [1.807, 2.05) is 49.5 Å². The summed E-state index contributed by atoms with van der Waals surface area (Å²) in [5, 5.41) is 10.8. The van der Waals surface area contributed by atoms with Crippen LogP contribution in [0.3, 0.4) is 0 Å². The number of rotatable bonds is 5. The Kier molecular flexibility index (Phi) is 5.10. The van der Waals surface area contributed by atoms with E-state index in [1.165, 1.54) is 0 Å². The Bertz CT molecular complexity index is 613. The van der Waals surface area contributed by atoms with Crippen LogP contribution < -0.4 is 9.64 Å². The first-order chi connectivity index (χ1) is 10.0. The number of benzene rings is 2. The molecule has 0 saturated carbocycles. The number of halogens is 1. The van der Waals surface area contributed by atoms with Gasteiger partial charge in [0.15, 0.2) is 0 Å². The van der Waals surface area contributed by atoms with E-state index in [4.69, 9.17) is 16.3 Å². The maximum absolute atomic E-state index is 10.1. The van der Waals surface area contributed by atoms with E-state index in [1.54, 1.807) is 14.0 Å². The van der Waals surface area contributed by atoms with Crippen molar-refractivity contribution in [3.63, 3.8) is 0 Å². The maximum atomic E-state index is 10.1. The highest BCUT2D eigenvalue weighted by molar-refractivity contribution is 6.31. The van der Waals surface area contributed by atoms with Gasteiger partial charge in [0.1, 0.15) is 5.75 Å². The molecule has 0 saturated heterocycles. The third kappa shape index (κ3) is 3.49. The molecule has 0 spiro atoms. The molecule has 0 fully saturated rings. The fourth-order valence-electron chi connectivity index (χ4n) is 2.43. The van der Waals surface area contributed by atoms with Gasteiger partial charge in [-0.05, 0) is 30.7 Å². The first-order valence-electron chi connectivity index (χ1n) is 6.84. The number of hydrogen-bond acceptors (Lipinski definition) is 3. The van der Waals surface area contributed by atoms with Gasteiger partial charge in [-0.3, -0.25) is 0 Å². The highest BCUT2D eigenvalue weighted by Crippen LogP contribution is 2.35. The van der Waals surface area contributed by atoms with Gasteiger partial charge >= 0.3 is 0 Å². The first-order valence-corrected chi connectivity index (χ1v) is 7.22.